The van der Waals surface area contributed by atoms with E-state index in [0.717, 1.165) is 60.4 Å². The fourth-order valence-corrected chi connectivity index (χ4v) is 6.06. The molecule has 0 unspecified atom stereocenters. The first-order valence-electron chi connectivity index (χ1n) is 11.8. The molecule has 7 nitrogen and oxygen atoms in total. The molecule has 180 valence electrons. The summed E-state index contributed by atoms with van der Waals surface area (Å²) in [5.41, 5.74) is 1.29. The predicted octanol–water partition coefficient (Wildman–Crippen LogP) is 4.30. The van der Waals surface area contributed by atoms with Crippen molar-refractivity contribution in [3.05, 3.63) is 63.5 Å². The summed E-state index contributed by atoms with van der Waals surface area (Å²) in [4.78, 5) is 6.93. The Morgan fingerprint density at radius 1 is 1.21 bits per heavy atom. The number of hydrogen-bond donors (Lipinski definition) is 2. The number of allylic oxidation sites excluding steroid dienone is 1. The number of rotatable bonds is 4. The Labute approximate surface area is 202 Å². The van der Waals surface area contributed by atoms with Crippen LogP contribution in [0.15, 0.2) is 41.3 Å². The molecule has 2 saturated heterocycles. The lowest BCUT2D eigenvalue weighted by molar-refractivity contribution is 0.380. The van der Waals surface area contributed by atoms with Gasteiger partial charge in [-0.15, -0.1) is 10.2 Å². The molecule has 0 radical (unpaired) electrons. The summed E-state index contributed by atoms with van der Waals surface area (Å²) < 4.78 is 28.4. The van der Waals surface area contributed by atoms with E-state index in [2.05, 4.69) is 22.4 Å². The number of aromatic nitrogens is 2. The summed E-state index contributed by atoms with van der Waals surface area (Å²) in [5, 5.41) is 15.8. The second-order valence-electron chi connectivity index (χ2n) is 8.84. The normalized spacial score (nSPS) is 22.9. The number of hydrazine groups is 1. The Kier molecular flexibility index (Phi) is 6.71. The Morgan fingerprint density at radius 3 is 2.82 bits per heavy atom. The van der Waals surface area contributed by atoms with E-state index in [1.807, 2.05) is 11.0 Å². The number of nitrogens with one attached hydrogen (secondary N) is 1. The van der Waals surface area contributed by atoms with Gasteiger partial charge in [0.25, 0.3) is 0 Å². The van der Waals surface area contributed by atoms with E-state index in [0.29, 0.717) is 36.1 Å². The number of hydrogen-bond acceptors (Lipinski definition) is 8. The lowest BCUT2D eigenvalue weighted by Crippen LogP contribution is -2.35. The SMILES string of the molecule is CC/C(=C1/N=C(N2CCC[C@@H]2c2cc(F)ccc2F)C=CN1N)c1nnc(C2CCNCC2)s1. The summed E-state index contributed by atoms with van der Waals surface area (Å²) in [6, 6.07) is 3.36. The van der Waals surface area contributed by atoms with Gasteiger partial charge in [0.1, 0.15) is 27.5 Å². The zero-order chi connectivity index (χ0) is 23.7. The van der Waals surface area contributed by atoms with E-state index in [9.17, 15) is 8.78 Å². The van der Waals surface area contributed by atoms with Crippen molar-refractivity contribution in [2.75, 3.05) is 19.6 Å². The highest BCUT2D eigenvalue weighted by atomic mass is 32.1. The number of likely N-dealkylation sites (tertiary alicyclic amines) is 1. The first-order valence-corrected chi connectivity index (χ1v) is 12.7. The molecular formula is C24H29F2N7S. The van der Waals surface area contributed by atoms with Crippen molar-refractivity contribution in [2.45, 2.75) is 51.0 Å². The van der Waals surface area contributed by atoms with Gasteiger partial charge in [-0.25, -0.2) is 19.6 Å². The average molecular weight is 486 g/mol. The monoisotopic (exact) mass is 485 g/mol. The quantitative estimate of drug-likeness (QED) is 0.629. The van der Waals surface area contributed by atoms with Crippen LogP contribution in [0.4, 0.5) is 8.78 Å². The number of benzene rings is 1. The molecule has 34 heavy (non-hydrogen) atoms. The van der Waals surface area contributed by atoms with E-state index < -0.39 is 11.6 Å². The van der Waals surface area contributed by atoms with Crippen LogP contribution >= 0.6 is 11.3 Å². The molecule has 3 aliphatic heterocycles. The van der Waals surface area contributed by atoms with Gasteiger partial charge in [0.2, 0.25) is 0 Å². The molecule has 1 aromatic carbocycles. The molecule has 3 N–H and O–H groups in total. The second-order valence-corrected chi connectivity index (χ2v) is 9.84. The van der Waals surface area contributed by atoms with Gasteiger partial charge >= 0.3 is 0 Å². The Bertz CT molecular complexity index is 1140. The number of piperidine rings is 1. The lowest BCUT2D eigenvalue weighted by atomic mass is 9.99. The minimum atomic E-state index is -0.438. The van der Waals surface area contributed by atoms with Gasteiger partial charge in [0, 0.05) is 29.8 Å². The Balaban J connectivity index is 1.47. The highest BCUT2D eigenvalue weighted by Crippen LogP contribution is 2.37. The van der Waals surface area contributed by atoms with Gasteiger partial charge in [0.15, 0.2) is 5.82 Å². The van der Waals surface area contributed by atoms with Crippen LogP contribution in [0, 0.1) is 11.6 Å². The lowest BCUT2D eigenvalue weighted by Gasteiger charge is -2.31. The highest BCUT2D eigenvalue weighted by molar-refractivity contribution is 7.12. The minimum Gasteiger partial charge on any atom is -0.349 e. The topological polar surface area (TPSA) is 82.7 Å². The summed E-state index contributed by atoms with van der Waals surface area (Å²) in [6.45, 7) is 4.76. The van der Waals surface area contributed by atoms with Crippen molar-refractivity contribution in [3.8, 4) is 0 Å². The summed E-state index contributed by atoms with van der Waals surface area (Å²) in [5.74, 6) is 7.19. The number of amidine groups is 1. The molecule has 3 aliphatic rings. The van der Waals surface area contributed by atoms with E-state index in [1.54, 1.807) is 17.5 Å². The van der Waals surface area contributed by atoms with Gasteiger partial charge in [-0.3, -0.25) is 5.01 Å². The van der Waals surface area contributed by atoms with Gasteiger partial charge < -0.3 is 10.2 Å². The fraction of sp³-hybridized carbons (Fsp3) is 0.458. The molecular weight excluding hydrogens is 456 g/mol. The molecule has 0 bridgehead atoms. The van der Waals surface area contributed by atoms with Gasteiger partial charge in [-0.05, 0) is 69.5 Å². The third-order valence-corrected chi connectivity index (χ3v) is 7.87. The minimum absolute atomic E-state index is 0.275. The van der Waals surface area contributed by atoms with Crippen LogP contribution in [0.25, 0.3) is 5.57 Å². The van der Waals surface area contributed by atoms with Crippen molar-refractivity contribution < 1.29 is 8.78 Å². The van der Waals surface area contributed by atoms with Gasteiger partial charge in [-0.1, -0.05) is 18.3 Å². The third kappa shape index (κ3) is 4.49. The molecule has 0 spiro atoms. The maximum Gasteiger partial charge on any atom is 0.155 e. The molecule has 1 atom stereocenters. The standard InChI is InChI=1S/C24H29F2N7S/c1-2-17(24-31-30-23(34-24)15-7-10-28-11-8-15)22-29-21(9-13-33(22)27)32-12-3-4-20(32)18-14-16(25)5-6-19(18)26/h5-6,9,13-15,20,28H,2-4,7-8,10-12,27H2,1H3/b22-17+/t20-/m1/s1. The first kappa shape index (κ1) is 23.1. The van der Waals surface area contributed by atoms with Gasteiger partial charge in [-0.2, -0.15) is 0 Å². The molecule has 4 heterocycles. The number of nitrogens with zero attached hydrogens (tertiary/aromatic N) is 5. The smallest absolute Gasteiger partial charge is 0.155 e. The van der Waals surface area contributed by atoms with Crippen LogP contribution in [0.1, 0.15) is 66.6 Å². The average Bonchev–Trinajstić information content (AvgIpc) is 3.53. The highest BCUT2D eigenvalue weighted by Gasteiger charge is 2.32. The summed E-state index contributed by atoms with van der Waals surface area (Å²) in [7, 11) is 0. The Hall–Kier alpha value is -2.69. The van der Waals surface area contributed by atoms with E-state index in [1.165, 1.54) is 17.1 Å². The Morgan fingerprint density at radius 2 is 2.03 bits per heavy atom. The number of nitrogens with two attached hydrogens (primary N) is 1. The molecule has 2 fully saturated rings. The van der Waals surface area contributed by atoms with E-state index in [-0.39, 0.29) is 6.04 Å². The van der Waals surface area contributed by atoms with Crippen molar-refractivity contribution in [3.63, 3.8) is 0 Å². The maximum atomic E-state index is 14.6. The third-order valence-electron chi connectivity index (χ3n) is 6.72. The molecule has 5 rings (SSSR count). The van der Waals surface area contributed by atoms with Crippen LogP contribution in [0.3, 0.4) is 0 Å². The van der Waals surface area contributed by atoms with Crippen LogP contribution in [-0.4, -0.2) is 45.6 Å². The molecule has 0 saturated carbocycles. The summed E-state index contributed by atoms with van der Waals surface area (Å²) >= 11 is 1.61. The van der Waals surface area contributed by atoms with Crippen molar-refractivity contribution in [1.29, 1.82) is 0 Å². The van der Waals surface area contributed by atoms with Crippen molar-refractivity contribution in [1.82, 2.24) is 25.4 Å². The number of aliphatic imine (C=N–C) groups is 1. The van der Waals surface area contributed by atoms with Crippen molar-refractivity contribution >= 4 is 22.7 Å². The molecule has 0 aliphatic carbocycles. The number of halogens is 2. The van der Waals surface area contributed by atoms with E-state index >= 15 is 0 Å². The molecule has 0 amide bonds. The predicted molar refractivity (Wildman–Crippen MR) is 130 cm³/mol. The van der Waals surface area contributed by atoms with Crippen LogP contribution in [0.2, 0.25) is 0 Å². The molecule has 1 aromatic heterocycles. The zero-order valence-corrected chi connectivity index (χ0v) is 20.0. The van der Waals surface area contributed by atoms with E-state index in [4.69, 9.17) is 10.8 Å². The molecule has 10 heteroatoms. The van der Waals surface area contributed by atoms with Crippen LogP contribution in [0.5, 0.6) is 0 Å². The summed E-state index contributed by atoms with van der Waals surface area (Å²) in [6.07, 6.45) is 8.01. The second kappa shape index (κ2) is 9.89. The van der Waals surface area contributed by atoms with Crippen molar-refractivity contribution in [2.24, 2.45) is 10.8 Å². The molecule has 2 aromatic rings. The fourth-order valence-electron chi connectivity index (χ4n) is 4.93. The largest absolute Gasteiger partial charge is 0.349 e. The van der Waals surface area contributed by atoms with Crippen LogP contribution < -0.4 is 11.2 Å². The zero-order valence-electron chi connectivity index (χ0n) is 19.2. The maximum absolute atomic E-state index is 14.6. The van der Waals surface area contributed by atoms with Gasteiger partial charge in [0.05, 0.1) is 6.04 Å². The first-order chi connectivity index (χ1) is 16.5. The van der Waals surface area contributed by atoms with Crippen LogP contribution in [-0.2, 0) is 0 Å².